The number of unbranched alkanes of at least 4 members (excludes halogenated alkanes) is 2. The third-order valence-corrected chi connectivity index (χ3v) is 2.45. The first kappa shape index (κ1) is 15.9. The van der Waals surface area contributed by atoms with Gasteiger partial charge < -0.3 is 14.6 Å². The molecule has 3 heteroatoms. The van der Waals surface area contributed by atoms with Gasteiger partial charge in [0.2, 0.25) is 0 Å². The van der Waals surface area contributed by atoms with Gasteiger partial charge in [-0.15, -0.1) is 0 Å². The van der Waals surface area contributed by atoms with Gasteiger partial charge in [0.25, 0.3) is 0 Å². The van der Waals surface area contributed by atoms with E-state index in [1.165, 1.54) is 19.3 Å². The van der Waals surface area contributed by atoms with Crippen LogP contribution in [0, 0.1) is 0 Å². The highest BCUT2D eigenvalue weighted by molar-refractivity contribution is 4.55. The van der Waals surface area contributed by atoms with Crippen LogP contribution in [0.4, 0.5) is 0 Å². The molecule has 98 valence electrons. The second-order valence-electron chi connectivity index (χ2n) is 4.63. The molecule has 0 spiro atoms. The molecule has 0 heterocycles. The van der Waals surface area contributed by atoms with E-state index < -0.39 is 6.10 Å². The van der Waals surface area contributed by atoms with Crippen LogP contribution in [0.2, 0.25) is 0 Å². The highest BCUT2D eigenvalue weighted by atomic mass is 16.5. The zero-order valence-electron chi connectivity index (χ0n) is 11.2. The fourth-order valence-electron chi connectivity index (χ4n) is 1.42. The van der Waals surface area contributed by atoms with Crippen molar-refractivity contribution in [1.29, 1.82) is 0 Å². The predicted octanol–water partition coefficient (Wildman–Crippen LogP) is 2.76. The lowest BCUT2D eigenvalue weighted by atomic mass is 10.1. The van der Waals surface area contributed by atoms with Gasteiger partial charge in [0.15, 0.2) is 0 Å². The maximum atomic E-state index is 9.06. The molecule has 3 unspecified atom stereocenters. The molecule has 0 rings (SSSR count). The summed E-state index contributed by atoms with van der Waals surface area (Å²) in [6.45, 7) is 9.01. The van der Waals surface area contributed by atoms with Gasteiger partial charge in [0, 0.05) is 0 Å². The number of hydrogen-bond acceptors (Lipinski definition) is 3. The highest BCUT2D eigenvalue weighted by Crippen LogP contribution is 2.07. The van der Waals surface area contributed by atoms with E-state index in [9.17, 15) is 0 Å². The molecule has 0 aliphatic carbocycles. The summed E-state index contributed by atoms with van der Waals surface area (Å²) in [6.07, 6.45) is 4.86. The zero-order chi connectivity index (χ0) is 12.4. The Labute approximate surface area is 100 Å². The second kappa shape index (κ2) is 10.1. The fraction of sp³-hybridized carbons (Fsp3) is 1.00. The van der Waals surface area contributed by atoms with Crippen LogP contribution in [0.5, 0.6) is 0 Å². The van der Waals surface area contributed by atoms with Gasteiger partial charge in [0.05, 0.1) is 31.5 Å². The van der Waals surface area contributed by atoms with E-state index >= 15 is 0 Å². The molecular weight excluding hydrogens is 204 g/mol. The molecule has 0 aromatic heterocycles. The van der Waals surface area contributed by atoms with Gasteiger partial charge in [-0.3, -0.25) is 0 Å². The Kier molecular flexibility index (Phi) is 9.99. The van der Waals surface area contributed by atoms with Crippen molar-refractivity contribution < 1.29 is 14.6 Å². The Morgan fingerprint density at radius 3 is 2.12 bits per heavy atom. The van der Waals surface area contributed by atoms with E-state index in [1.54, 1.807) is 6.92 Å². The summed E-state index contributed by atoms with van der Waals surface area (Å²) >= 11 is 0. The van der Waals surface area contributed by atoms with Gasteiger partial charge in [0.1, 0.15) is 0 Å². The van der Waals surface area contributed by atoms with Crippen molar-refractivity contribution in [2.45, 2.75) is 71.7 Å². The molecule has 3 nitrogen and oxygen atoms in total. The summed E-state index contributed by atoms with van der Waals surface area (Å²) in [5, 5.41) is 9.06. The molecule has 0 aromatic carbocycles. The van der Waals surface area contributed by atoms with Crippen molar-refractivity contribution in [2.75, 3.05) is 13.2 Å². The molecule has 0 fully saturated rings. The van der Waals surface area contributed by atoms with E-state index in [-0.39, 0.29) is 6.10 Å². The van der Waals surface area contributed by atoms with Gasteiger partial charge in [-0.05, 0) is 27.2 Å². The lowest BCUT2D eigenvalue weighted by Gasteiger charge is -2.18. The monoisotopic (exact) mass is 232 g/mol. The molecule has 0 amide bonds. The minimum Gasteiger partial charge on any atom is -0.391 e. The number of rotatable bonds is 10. The third-order valence-electron chi connectivity index (χ3n) is 2.45. The Balaban J connectivity index is 3.39. The molecule has 3 atom stereocenters. The maximum absolute atomic E-state index is 9.06. The van der Waals surface area contributed by atoms with Crippen LogP contribution < -0.4 is 0 Å². The standard InChI is InChI=1S/C13H28O3/c1-5-6-7-8-12(3)16-10-13(4)15-9-11(2)14/h11-14H,5-10H2,1-4H3. The van der Waals surface area contributed by atoms with Crippen molar-refractivity contribution in [3.8, 4) is 0 Å². The first-order chi connectivity index (χ1) is 7.56. The van der Waals surface area contributed by atoms with Gasteiger partial charge in [-0.2, -0.15) is 0 Å². The molecule has 0 aromatic rings. The van der Waals surface area contributed by atoms with Crippen molar-refractivity contribution in [1.82, 2.24) is 0 Å². The van der Waals surface area contributed by atoms with Crippen LogP contribution in [0.1, 0.15) is 53.4 Å². The summed E-state index contributed by atoms with van der Waals surface area (Å²) in [5.74, 6) is 0. The summed E-state index contributed by atoms with van der Waals surface area (Å²) in [6, 6.07) is 0. The highest BCUT2D eigenvalue weighted by Gasteiger charge is 2.07. The van der Waals surface area contributed by atoms with Gasteiger partial charge in [-0.25, -0.2) is 0 Å². The normalized spacial score (nSPS) is 17.1. The van der Waals surface area contributed by atoms with E-state index in [1.807, 2.05) is 6.92 Å². The van der Waals surface area contributed by atoms with Gasteiger partial charge >= 0.3 is 0 Å². The molecule has 1 N–H and O–H groups in total. The number of ether oxygens (including phenoxy) is 2. The van der Waals surface area contributed by atoms with Crippen molar-refractivity contribution in [3.63, 3.8) is 0 Å². The van der Waals surface area contributed by atoms with Crippen LogP contribution in [0.3, 0.4) is 0 Å². The molecule has 0 saturated heterocycles. The van der Waals surface area contributed by atoms with E-state index in [0.29, 0.717) is 19.3 Å². The largest absolute Gasteiger partial charge is 0.391 e. The molecule has 0 bridgehead atoms. The SMILES string of the molecule is CCCCCC(C)OCC(C)OCC(C)O. The summed E-state index contributed by atoms with van der Waals surface area (Å²) < 4.78 is 11.1. The minimum atomic E-state index is -0.399. The lowest BCUT2D eigenvalue weighted by molar-refractivity contribution is -0.0543. The third kappa shape index (κ3) is 10.4. The second-order valence-corrected chi connectivity index (χ2v) is 4.63. The van der Waals surface area contributed by atoms with E-state index in [2.05, 4.69) is 13.8 Å². The van der Waals surface area contributed by atoms with Crippen LogP contribution in [-0.2, 0) is 9.47 Å². The Hall–Kier alpha value is -0.120. The predicted molar refractivity (Wildman–Crippen MR) is 66.7 cm³/mol. The average Bonchev–Trinajstić information content (AvgIpc) is 2.24. The fourth-order valence-corrected chi connectivity index (χ4v) is 1.42. The molecule has 0 radical (unpaired) electrons. The summed E-state index contributed by atoms with van der Waals surface area (Å²) in [5.41, 5.74) is 0. The smallest absolute Gasteiger partial charge is 0.0781 e. The first-order valence-corrected chi connectivity index (χ1v) is 6.47. The molecule has 16 heavy (non-hydrogen) atoms. The Morgan fingerprint density at radius 2 is 1.56 bits per heavy atom. The number of hydrogen-bond donors (Lipinski definition) is 1. The van der Waals surface area contributed by atoms with Crippen LogP contribution >= 0.6 is 0 Å². The quantitative estimate of drug-likeness (QED) is 0.589. The first-order valence-electron chi connectivity index (χ1n) is 6.47. The van der Waals surface area contributed by atoms with Crippen LogP contribution in [0.25, 0.3) is 0 Å². The van der Waals surface area contributed by atoms with Crippen molar-refractivity contribution in [3.05, 3.63) is 0 Å². The minimum absolute atomic E-state index is 0.0585. The Bertz CT molecular complexity index is 148. The summed E-state index contributed by atoms with van der Waals surface area (Å²) in [7, 11) is 0. The topological polar surface area (TPSA) is 38.7 Å². The zero-order valence-corrected chi connectivity index (χ0v) is 11.2. The van der Waals surface area contributed by atoms with Crippen LogP contribution in [-0.4, -0.2) is 36.6 Å². The molecule has 0 saturated carbocycles. The number of aliphatic hydroxyl groups excluding tert-OH is 1. The number of aliphatic hydroxyl groups is 1. The van der Waals surface area contributed by atoms with Gasteiger partial charge in [-0.1, -0.05) is 26.2 Å². The summed E-state index contributed by atoms with van der Waals surface area (Å²) in [4.78, 5) is 0. The Morgan fingerprint density at radius 1 is 0.938 bits per heavy atom. The molecule has 0 aliphatic rings. The van der Waals surface area contributed by atoms with E-state index in [4.69, 9.17) is 14.6 Å². The molecular formula is C13H28O3. The molecule has 0 aliphatic heterocycles. The lowest BCUT2D eigenvalue weighted by Crippen LogP contribution is -2.23. The van der Waals surface area contributed by atoms with Crippen molar-refractivity contribution >= 4 is 0 Å². The van der Waals surface area contributed by atoms with Crippen LogP contribution in [0.15, 0.2) is 0 Å². The maximum Gasteiger partial charge on any atom is 0.0781 e. The average molecular weight is 232 g/mol. The van der Waals surface area contributed by atoms with Crippen molar-refractivity contribution in [2.24, 2.45) is 0 Å². The van der Waals surface area contributed by atoms with E-state index in [0.717, 1.165) is 6.42 Å².